The molecular weight excluding hydrogens is 400 g/mol. The lowest BCUT2D eigenvalue weighted by Gasteiger charge is -2.32. The molecule has 0 bridgehead atoms. The Bertz CT molecular complexity index is 999. The molecule has 2 fully saturated rings. The number of amides is 1. The molecule has 160 valence electrons. The maximum absolute atomic E-state index is 12.7. The van der Waals surface area contributed by atoms with Gasteiger partial charge in [-0.05, 0) is 55.4 Å². The van der Waals surface area contributed by atoms with Gasteiger partial charge in [-0.15, -0.1) is 0 Å². The largest absolute Gasteiger partial charge is 0.322 e. The number of anilines is 2. The first-order valence-corrected chi connectivity index (χ1v) is 11.9. The SMILES string of the molecule is CN1CCN(Cc2cccc(NC(=O)c3ccc(N4CCCS4(=O)=O)cc3)c2)CC1. The number of likely N-dealkylation sites (N-methyl/N-ethyl adjacent to an activating group) is 1. The Balaban J connectivity index is 1.39. The van der Waals surface area contributed by atoms with Gasteiger partial charge in [0.25, 0.3) is 5.91 Å². The molecule has 0 spiro atoms. The highest BCUT2D eigenvalue weighted by Crippen LogP contribution is 2.24. The van der Waals surface area contributed by atoms with Crippen molar-refractivity contribution < 1.29 is 13.2 Å². The van der Waals surface area contributed by atoms with Crippen molar-refractivity contribution in [2.45, 2.75) is 13.0 Å². The minimum atomic E-state index is -3.22. The van der Waals surface area contributed by atoms with Gasteiger partial charge in [-0.3, -0.25) is 14.0 Å². The zero-order valence-electron chi connectivity index (χ0n) is 17.3. The van der Waals surface area contributed by atoms with Gasteiger partial charge in [0.15, 0.2) is 0 Å². The van der Waals surface area contributed by atoms with Gasteiger partial charge in [0.1, 0.15) is 0 Å². The van der Waals surface area contributed by atoms with E-state index in [4.69, 9.17) is 0 Å². The first kappa shape index (κ1) is 20.8. The summed E-state index contributed by atoms with van der Waals surface area (Å²) in [6.45, 7) is 5.61. The van der Waals surface area contributed by atoms with Crippen molar-refractivity contribution >= 4 is 27.3 Å². The van der Waals surface area contributed by atoms with Gasteiger partial charge in [0.2, 0.25) is 10.0 Å². The third kappa shape index (κ3) is 4.83. The Labute approximate surface area is 178 Å². The summed E-state index contributed by atoms with van der Waals surface area (Å²) in [5.41, 5.74) is 3.04. The van der Waals surface area contributed by atoms with E-state index in [1.54, 1.807) is 24.3 Å². The Kier molecular flexibility index (Phi) is 6.08. The van der Waals surface area contributed by atoms with Gasteiger partial charge >= 0.3 is 0 Å². The Morgan fingerprint density at radius 2 is 1.73 bits per heavy atom. The average Bonchev–Trinajstić information content (AvgIpc) is 3.09. The molecule has 4 rings (SSSR count). The van der Waals surface area contributed by atoms with Crippen LogP contribution in [-0.4, -0.2) is 69.6 Å². The lowest BCUT2D eigenvalue weighted by molar-refractivity contribution is 0.102. The molecule has 1 N–H and O–H groups in total. The molecule has 2 aromatic rings. The fourth-order valence-corrected chi connectivity index (χ4v) is 5.49. The number of nitrogens with zero attached hydrogens (tertiary/aromatic N) is 3. The van der Waals surface area contributed by atoms with Crippen LogP contribution >= 0.6 is 0 Å². The van der Waals surface area contributed by atoms with E-state index in [9.17, 15) is 13.2 Å². The quantitative estimate of drug-likeness (QED) is 0.791. The number of carbonyl (C=O) groups excluding carboxylic acids is 1. The summed E-state index contributed by atoms with van der Waals surface area (Å²) in [5, 5.41) is 2.95. The number of carbonyl (C=O) groups is 1. The normalized spacial score (nSPS) is 19.7. The van der Waals surface area contributed by atoms with Gasteiger partial charge in [0.05, 0.1) is 11.4 Å². The lowest BCUT2D eigenvalue weighted by Crippen LogP contribution is -2.43. The summed E-state index contributed by atoms with van der Waals surface area (Å²) < 4.78 is 25.5. The molecule has 7 nitrogen and oxygen atoms in total. The van der Waals surface area contributed by atoms with E-state index in [2.05, 4.69) is 28.2 Å². The molecule has 2 aromatic carbocycles. The smallest absolute Gasteiger partial charge is 0.255 e. The van der Waals surface area contributed by atoms with Crippen LogP contribution in [0.4, 0.5) is 11.4 Å². The molecule has 1 amide bonds. The number of sulfonamides is 1. The first-order chi connectivity index (χ1) is 14.4. The number of hydrogen-bond donors (Lipinski definition) is 1. The second-order valence-corrected chi connectivity index (χ2v) is 10.0. The molecule has 0 radical (unpaired) electrons. The summed E-state index contributed by atoms with van der Waals surface area (Å²) in [4.78, 5) is 17.4. The minimum absolute atomic E-state index is 0.180. The number of piperazine rings is 1. The predicted molar refractivity (Wildman–Crippen MR) is 119 cm³/mol. The topological polar surface area (TPSA) is 73.0 Å². The molecule has 2 saturated heterocycles. The maximum atomic E-state index is 12.7. The van der Waals surface area contributed by atoms with Gasteiger partial charge in [-0.25, -0.2) is 8.42 Å². The highest BCUT2D eigenvalue weighted by atomic mass is 32.2. The van der Waals surface area contributed by atoms with Crippen molar-refractivity contribution in [3.63, 3.8) is 0 Å². The van der Waals surface area contributed by atoms with Crippen LogP contribution in [0.1, 0.15) is 22.3 Å². The van der Waals surface area contributed by atoms with E-state index in [1.807, 2.05) is 18.2 Å². The fraction of sp³-hybridized carbons (Fsp3) is 0.409. The third-order valence-corrected chi connectivity index (χ3v) is 7.57. The monoisotopic (exact) mass is 428 g/mol. The van der Waals surface area contributed by atoms with E-state index >= 15 is 0 Å². The third-order valence-electron chi connectivity index (χ3n) is 5.70. The zero-order chi connectivity index (χ0) is 21.1. The van der Waals surface area contributed by atoms with E-state index in [0.717, 1.165) is 38.4 Å². The summed E-state index contributed by atoms with van der Waals surface area (Å²) in [7, 11) is -1.07. The molecule has 2 aliphatic heterocycles. The number of nitrogens with one attached hydrogen (secondary N) is 1. The zero-order valence-corrected chi connectivity index (χ0v) is 18.1. The van der Waals surface area contributed by atoms with Crippen LogP contribution in [0.2, 0.25) is 0 Å². The molecule has 0 aromatic heterocycles. The molecular formula is C22H28N4O3S. The van der Waals surface area contributed by atoms with Crippen LogP contribution in [0.3, 0.4) is 0 Å². The van der Waals surface area contributed by atoms with E-state index in [-0.39, 0.29) is 11.7 Å². The molecule has 0 unspecified atom stereocenters. The van der Waals surface area contributed by atoms with E-state index < -0.39 is 10.0 Å². The van der Waals surface area contributed by atoms with Gasteiger partial charge in [0, 0.05) is 50.5 Å². The second kappa shape index (κ2) is 8.75. The number of rotatable bonds is 5. The minimum Gasteiger partial charge on any atom is -0.322 e. The molecule has 30 heavy (non-hydrogen) atoms. The summed E-state index contributed by atoms with van der Waals surface area (Å²) in [6, 6.07) is 14.7. The van der Waals surface area contributed by atoms with Crippen LogP contribution in [-0.2, 0) is 16.6 Å². The van der Waals surface area contributed by atoms with Crippen molar-refractivity contribution in [2.24, 2.45) is 0 Å². The van der Waals surface area contributed by atoms with Crippen LogP contribution in [0.25, 0.3) is 0 Å². The van der Waals surface area contributed by atoms with E-state index in [1.165, 1.54) is 9.87 Å². The fourth-order valence-electron chi connectivity index (χ4n) is 3.92. The average molecular weight is 429 g/mol. The molecule has 2 aliphatic rings. The maximum Gasteiger partial charge on any atom is 0.255 e. The van der Waals surface area contributed by atoms with Gasteiger partial charge in [-0.1, -0.05) is 12.1 Å². The molecule has 0 aliphatic carbocycles. The van der Waals surface area contributed by atoms with Crippen LogP contribution in [0.15, 0.2) is 48.5 Å². The van der Waals surface area contributed by atoms with Gasteiger partial charge < -0.3 is 10.2 Å². The standard InChI is InChI=1S/C22H28N4O3S/c1-24-11-13-25(14-12-24)17-18-4-2-5-20(16-18)23-22(27)19-6-8-21(9-7-19)26-10-3-15-30(26,28)29/h2,4-9,16H,3,10-15,17H2,1H3,(H,23,27). The lowest BCUT2D eigenvalue weighted by atomic mass is 10.1. The summed E-state index contributed by atoms with van der Waals surface area (Å²) >= 11 is 0. The molecule has 0 saturated carbocycles. The summed E-state index contributed by atoms with van der Waals surface area (Å²) in [5.74, 6) is -0.0257. The van der Waals surface area contributed by atoms with Crippen LogP contribution in [0, 0.1) is 0 Å². The van der Waals surface area contributed by atoms with Crippen molar-refractivity contribution in [3.8, 4) is 0 Å². The van der Waals surface area contributed by atoms with Crippen molar-refractivity contribution in [2.75, 3.05) is 55.1 Å². The molecule has 2 heterocycles. The molecule has 8 heteroatoms. The van der Waals surface area contributed by atoms with E-state index in [0.29, 0.717) is 24.2 Å². The van der Waals surface area contributed by atoms with Crippen molar-refractivity contribution in [3.05, 3.63) is 59.7 Å². The number of hydrogen-bond acceptors (Lipinski definition) is 5. The predicted octanol–water partition coefficient (Wildman–Crippen LogP) is 2.23. The second-order valence-electron chi connectivity index (χ2n) is 8.02. The Hall–Kier alpha value is -2.42. The highest BCUT2D eigenvalue weighted by molar-refractivity contribution is 7.93. The molecule has 0 atom stereocenters. The van der Waals surface area contributed by atoms with Gasteiger partial charge in [-0.2, -0.15) is 0 Å². The van der Waals surface area contributed by atoms with Crippen molar-refractivity contribution in [1.29, 1.82) is 0 Å². The first-order valence-electron chi connectivity index (χ1n) is 10.3. The van der Waals surface area contributed by atoms with Crippen LogP contribution < -0.4 is 9.62 Å². The number of benzene rings is 2. The Morgan fingerprint density at radius 1 is 1.00 bits per heavy atom. The Morgan fingerprint density at radius 3 is 2.40 bits per heavy atom. The highest BCUT2D eigenvalue weighted by Gasteiger charge is 2.28. The van der Waals surface area contributed by atoms with Crippen molar-refractivity contribution in [1.82, 2.24) is 9.80 Å². The van der Waals surface area contributed by atoms with Crippen LogP contribution in [0.5, 0.6) is 0 Å². The summed E-state index contributed by atoms with van der Waals surface area (Å²) in [6.07, 6.45) is 0.634.